The molecule has 0 spiro atoms. The first-order chi connectivity index (χ1) is 9.42. The maximum absolute atomic E-state index is 13.2. The first-order valence-corrected chi connectivity index (χ1v) is 6.87. The van der Waals surface area contributed by atoms with Crippen molar-refractivity contribution in [3.8, 4) is 0 Å². The van der Waals surface area contributed by atoms with Crippen LogP contribution in [0.2, 0.25) is 0 Å². The molecule has 0 N–H and O–H groups in total. The lowest BCUT2D eigenvalue weighted by atomic mass is 10.1. The average Bonchev–Trinajstić information content (AvgIpc) is 2.43. The molecule has 1 atom stereocenters. The molecule has 0 radical (unpaired) electrons. The summed E-state index contributed by atoms with van der Waals surface area (Å²) in [6.07, 6.45) is 2.45. The molecule has 1 aromatic carbocycles. The molecule has 0 saturated heterocycles. The Balaban J connectivity index is 3.05. The van der Waals surface area contributed by atoms with Gasteiger partial charge in [-0.25, -0.2) is 13.2 Å². The number of unbranched alkanes of at least 4 members (excludes halogenated alkanes) is 1. The van der Waals surface area contributed by atoms with Gasteiger partial charge in [0.2, 0.25) is 0 Å². The van der Waals surface area contributed by atoms with E-state index in [9.17, 15) is 18.0 Å². The summed E-state index contributed by atoms with van der Waals surface area (Å²) in [6.45, 7) is 6.33. The number of halogens is 3. The van der Waals surface area contributed by atoms with Crippen LogP contribution < -0.4 is 0 Å². The van der Waals surface area contributed by atoms with E-state index >= 15 is 0 Å². The maximum atomic E-state index is 13.2. The van der Waals surface area contributed by atoms with Crippen LogP contribution >= 0.6 is 0 Å². The Bertz CT molecular complexity index is 453. The van der Waals surface area contributed by atoms with Crippen molar-refractivity contribution < 1.29 is 18.0 Å². The van der Waals surface area contributed by atoms with Gasteiger partial charge in [0.05, 0.1) is 0 Å². The molecule has 0 aliphatic carbocycles. The molecule has 0 bridgehead atoms. The molecule has 0 aliphatic rings. The molecule has 0 fully saturated rings. The topological polar surface area (TPSA) is 20.3 Å². The molecular weight excluding hydrogens is 267 g/mol. The largest absolute Gasteiger partial charge is 0.336 e. The summed E-state index contributed by atoms with van der Waals surface area (Å²) in [5, 5.41) is 0. The van der Waals surface area contributed by atoms with E-state index in [1.54, 1.807) is 4.90 Å². The normalized spacial score (nSPS) is 12.3. The zero-order valence-electron chi connectivity index (χ0n) is 12.0. The minimum atomic E-state index is -1.55. The van der Waals surface area contributed by atoms with Gasteiger partial charge in [0, 0.05) is 18.2 Å². The Hall–Kier alpha value is -1.52. The van der Waals surface area contributed by atoms with Gasteiger partial charge >= 0.3 is 0 Å². The van der Waals surface area contributed by atoms with E-state index in [4.69, 9.17) is 0 Å². The van der Waals surface area contributed by atoms with Gasteiger partial charge in [0.25, 0.3) is 5.91 Å². The van der Waals surface area contributed by atoms with Gasteiger partial charge in [-0.1, -0.05) is 20.3 Å². The van der Waals surface area contributed by atoms with Crippen LogP contribution in [-0.2, 0) is 0 Å². The summed E-state index contributed by atoms with van der Waals surface area (Å²) in [5.74, 6) is -4.70. The first kappa shape index (κ1) is 16.5. The van der Waals surface area contributed by atoms with Gasteiger partial charge in [-0.2, -0.15) is 0 Å². The lowest BCUT2D eigenvalue weighted by molar-refractivity contribution is 0.0684. The Morgan fingerprint density at radius 1 is 1.20 bits per heavy atom. The fourth-order valence-electron chi connectivity index (χ4n) is 1.92. The van der Waals surface area contributed by atoms with Crippen LogP contribution in [0.5, 0.6) is 0 Å². The molecule has 0 heterocycles. The highest BCUT2D eigenvalue weighted by Gasteiger charge is 2.22. The lowest BCUT2D eigenvalue weighted by Gasteiger charge is -2.28. The van der Waals surface area contributed by atoms with Crippen LogP contribution in [0.3, 0.4) is 0 Å². The molecule has 1 rings (SSSR count). The number of rotatable bonds is 6. The second kappa shape index (κ2) is 7.31. The molecule has 0 aliphatic heterocycles. The standard InChI is InChI=1S/C15H20F3NO/c1-4-6-7-19(10(3)5-2)15(20)11-8-12(16)14(18)13(17)9-11/h8-10H,4-7H2,1-3H3. The summed E-state index contributed by atoms with van der Waals surface area (Å²) >= 11 is 0. The van der Waals surface area contributed by atoms with Crippen molar-refractivity contribution in [3.63, 3.8) is 0 Å². The molecule has 112 valence electrons. The number of carbonyl (C=O) groups excluding carboxylic acids is 1. The van der Waals surface area contributed by atoms with Crippen LogP contribution in [0, 0.1) is 17.5 Å². The third-order valence-corrected chi connectivity index (χ3v) is 3.37. The smallest absolute Gasteiger partial charge is 0.254 e. The molecule has 2 nitrogen and oxygen atoms in total. The molecule has 0 aromatic heterocycles. The highest BCUT2D eigenvalue weighted by Crippen LogP contribution is 2.17. The third-order valence-electron chi connectivity index (χ3n) is 3.37. The number of amides is 1. The molecular formula is C15H20F3NO. The molecule has 0 saturated carbocycles. The van der Waals surface area contributed by atoms with E-state index in [0.29, 0.717) is 6.54 Å². The van der Waals surface area contributed by atoms with Crippen LogP contribution in [0.4, 0.5) is 13.2 Å². The number of hydrogen-bond donors (Lipinski definition) is 0. The highest BCUT2D eigenvalue weighted by atomic mass is 19.2. The summed E-state index contributed by atoms with van der Waals surface area (Å²) in [7, 11) is 0. The van der Waals surface area contributed by atoms with Crippen molar-refractivity contribution in [1.82, 2.24) is 4.90 Å². The van der Waals surface area contributed by atoms with Crippen LogP contribution in [0.1, 0.15) is 50.4 Å². The summed E-state index contributed by atoms with van der Waals surface area (Å²) < 4.78 is 39.4. The van der Waals surface area contributed by atoms with Crippen LogP contribution in [0.15, 0.2) is 12.1 Å². The highest BCUT2D eigenvalue weighted by molar-refractivity contribution is 5.94. The van der Waals surface area contributed by atoms with Gasteiger partial charge in [-0.05, 0) is 31.9 Å². The third kappa shape index (κ3) is 3.74. The minimum Gasteiger partial charge on any atom is -0.336 e. The molecule has 20 heavy (non-hydrogen) atoms. The van der Waals surface area contributed by atoms with Crippen molar-refractivity contribution in [3.05, 3.63) is 35.1 Å². The monoisotopic (exact) mass is 287 g/mol. The van der Waals surface area contributed by atoms with E-state index < -0.39 is 23.4 Å². The lowest BCUT2D eigenvalue weighted by Crippen LogP contribution is -2.39. The first-order valence-electron chi connectivity index (χ1n) is 6.87. The average molecular weight is 287 g/mol. The summed E-state index contributed by atoms with van der Waals surface area (Å²) in [5.41, 5.74) is -0.155. The predicted octanol–water partition coefficient (Wildman–Crippen LogP) is 4.14. The van der Waals surface area contributed by atoms with Crippen LogP contribution in [-0.4, -0.2) is 23.4 Å². The van der Waals surface area contributed by atoms with E-state index in [2.05, 4.69) is 0 Å². The van der Waals surface area contributed by atoms with E-state index in [-0.39, 0.29) is 11.6 Å². The Kier molecular flexibility index (Phi) is 6.05. The second-order valence-electron chi connectivity index (χ2n) is 4.86. The van der Waals surface area contributed by atoms with Gasteiger partial charge in [0.15, 0.2) is 17.5 Å². The van der Waals surface area contributed by atoms with Crippen LogP contribution in [0.25, 0.3) is 0 Å². The minimum absolute atomic E-state index is 0.0368. The van der Waals surface area contributed by atoms with Crippen molar-refractivity contribution in [1.29, 1.82) is 0 Å². The van der Waals surface area contributed by atoms with E-state index in [1.807, 2.05) is 20.8 Å². The summed E-state index contributed by atoms with van der Waals surface area (Å²) in [4.78, 5) is 13.9. The van der Waals surface area contributed by atoms with Gasteiger partial charge in [-0.15, -0.1) is 0 Å². The van der Waals surface area contributed by atoms with E-state index in [1.165, 1.54) is 0 Å². The zero-order chi connectivity index (χ0) is 15.3. The van der Waals surface area contributed by atoms with Gasteiger partial charge < -0.3 is 4.90 Å². The molecule has 1 amide bonds. The quantitative estimate of drug-likeness (QED) is 0.720. The molecule has 1 aromatic rings. The zero-order valence-corrected chi connectivity index (χ0v) is 12.0. The van der Waals surface area contributed by atoms with Crippen molar-refractivity contribution in [2.75, 3.05) is 6.54 Å². The Morgan fingerprint density at radius 2 is 1.75 bits per heavy atom. The predicted molar refractivity (Wildman–Crippen MR) is 72.0 cm³/mol. The second-order valence-corrected chi connectivity index (χ2v) is 4.86. The van der Waals surface area contributed by atoms with Crippen molar-refractivity contribution in [2.24, 2.45) is 0 Å². The number of benzene rings is 1. The Labute approximate surface area is 117 Å². The molecule has 5 heteroatoms. The number of nitrogens with zero attached hydrogens (tertiary/aromatic N) is 1. The maximum Gasteiger partial charge on any atom is 0.254 e. The van der Waals surface area contributed by atoms with E-state index in [0.717, 1.165) is 31.4 Å². The Morgan fingerprint density at radius 3 is 2.20 bits per heavy atom. The number of hydrogen-bond acceptors (Lipinski definition) is 1. The number of carbonyl (C=O) groups is 1. The molecule has 1 unspecified atom stereocenters. The SMILES string of the molecule is CCCCN(C(=O)c1cc(F)c(F)c(F)c1)C(C)CC. The van der Waals surface area contributed by atoms with Crippen molar-refractivity contribution >= 4 is 5.91 Å². The fraction of sp³-hybridized carbons (Fsp3) is 0.533. The van der Waals surface area contributed by atoms with Crippen molar-refractivity contribution in [2.45, 2.75) is 46.1 Å². The summed E-state index contributed by atoms with van der Waals surface area (Å²) in [6, 6.07) is 1.47. The van der Waals surface area contributed by atoms with Gasteiger partial charge in [-0.3, -0.25) is 4.79 Å². The van der Waals surface area contributed by atoms with Gasteiger partial charge in [0.1, 0.15) is 0 Å². The fourth-order valence-corrected chi connectivity index (χ4v) is 1.92.